The molecule has 0 atom stereocenters. The second kappa shape index (κ2) is 48.4. The molecule has 3 nitrogen and oxygen atoms in total. The zero-order valence-corrected chi connectivity index (χ0v) is 88.4. The molecule has 4 heteroatoms. The van der Waals surface area contributed by atoms with Gasteiger partial charge in [-0.25, -0.2) is 0 Å². The SMILES string of the molecule is Clc1ccc(-n2c(-c3ccc(OCCCCCCC(c4ccc(-c5ccc(C6CCCCC6)cc5)cc4)(c4ccc(-c5ccc(C6CCCCC6)cc5)cc4)c4ccc(-c5ccc(C6CCCCC6)cc5)cc4)cc3)ccc2-c2ccc(OCCCCCCC(c3ccc(-c4ccc(C5CCCCC5)cc4)cc3)(c3ccc(-c4ccc(C5CCCCC5)cc4)cc3)c3ccc(-c4ccc(C5CCCCC5)cc4)cc3)cc2)cc1. The molecule has 16 aromatic rings. The van der Waals surface area contributed by atoms with Crippen molar-refractivity contribution in [3.8, 4) is 106 Å². The van der Waals surface area contributed by atoms with Crippen molar-refractivity contribution in [2.24, 2.45) is 0 Å². The third-order valence-corrected chi connectivity index (χ3v) is 36.1. The minimum Gasteiger partial charge on any atom is -0.494 e. The van der Waals surface area contributed by atoms with Crippen LogP contribution >= 0.6 is 11.6 Å². The average molecular weight is 1960 g/mol. The molecular formula is C144H152ClNO2. The summed E-state index contributed by atoms with van der Waals surface area (Å²) >= 11 is 6.65. The lowest BCUT2D eigenvalue weighted by molar-refractivity contribution is 0.303. The normalized spacial score (nSPS) is 16.2. The third kappa shape index (κ3) is 23.4. The fourth-order valence-electron chi connectivity index (χ4n) is 27.1. The van der Waals surface area contributed by atoms with E-state index in [1.54, 1.807) is 0 Å². The van der Waals surface area contributed by atoms with Crippen molar-refractivity contribution in [3.05, 3.63) is 448 Å². The third-order valence-electron chi connectivity index (χ3n) is 35.9. The molecule has 0 spiro atoms. The quantitative estimate of drug-likeness (QED) is 0.0286. The number of aromatic nitrogens is 1. The van der Waals surface area contributed by atoms with Crippen LogP contribution in [0.25, 0.3) is 95.0 Å². The predicted octanol–water partition coefficient (Wildman–Crippen LogP) is 41.5. The Morgan fingerprint density at radius 2 is 0.365 bits per heavy atom. The van der Waals surface area contributed by atoms with Gasteiger partial charge in [0.1, 0.15) is 11.5 Å². The lowest BCUT2D eigenvalue weighted by Crippen LogP contribution is -2.29. The molecule has 6 aliphatic rings. The van der Waals surface area contributed by atoms with Gasteiger partial charge in [0.25, 0.3) is 0 Å². The molecule has 15 aromatic carbocycles. The second-order valence-corrected chi connectivity index (χ2v) is 45.4. The Morgan fingerprint density at radius 3 is 0.568 bits per heavy atom. The summed E-state index contributed by atoms with van der Waals surface area (Å²) in [5.74, 6) is 5.88. The number of hydrogen-bond acceptors (Lipinski definition) is 2. The first-order chi connectivity index (χ1) is 73.2. The molecule has 0 saturated heterocycles. The Kier molecular flexibility index (Phi) is 32.7. The van der Waals surface area contributed by atoms with Crippen LogP contribution in [0.4, 0.5) is 0 Å². The van der Waals surface area contributed by atoms with Gasteiger partial charge in [0.2, 0.25) is 0 Å². The van der Waals surface area contributed by atoms with E-state index in [2.05, 4.69) is 369 Å². The first kappa shape index (κ1) is 100. The van der Waals surface area contributed by atoms with Crippen LogP contribution in [0.5, 0.6) is 11.5 Å². The highest BCUT2D eigenvalue weighted by Crippen LogP contribution is 2.51. The van der Waals surface area contributed by atoms with E-state index in [1.807, 2.05) is 12.1 Å². The second-order valence-electron chi connectivity index (χ2n) is 45.0. The van der Waals surface area contributed by atoms with E-state index in [4.69, 9.17) is 21.1 Å². The van der Waals surface area contributed by atoms with E-state index in [0.29, 0.717) is 53.7 Å². The van der Waals surface area contributed by atoms with E-state index < -0.39 is 10.8 Å². The van der Waals surface area contributed by atoms with Gasteiger partial charge in [-0.15, -0.1) is 0 Å². The lowest BCUT2D eigenvalue weighted by Gasteiger charge is -2.37. The molecule has 0 radical (unpaired) electrons. The van der Waals surface area contributed by atoms with E-state index in [1.165, 1.54) is 326 Å². The van der Waals surface area contributed by atoms with Gasteiger partial charge in [-0.1, -0.05) is 457 Å². The molecule has 6 fully saturated rings. The maximum atomic E-state index is 6.68. The number of unbranched alkanes of at least 4 members (excludes halogenated alkanes) is 6. The summed E-state index contributed by atoms with van der Waals surface area (Å²) in [5, 5.41) is 0.709. The summed E-state index contributed by atoms with van der Waals surface area (Å²) in [4.78, 5) is 0. The van der Waals surface area contributed by atoms with Crippen LogP contribution in [-0.2, 0) is 10.8 Å². The van der Waals surface area contributed by atoms with Crippen molar-refractivity contribution in [3.63, 3.8) is 0 Å². The van der Waals surface area contributed by atoms with Crippen molar-refractivity contribution >= 4 is 11.6 Å². The molecule has 1 heterocycles. The molecule has 0 amide bonds. The van der Waals surface area contributed by atoms with Gasteiger partial charge >= 0.3 is 0 Å². The topological polar surface area (TPSA) is 23.4 Å². The van der Waals surface area contributed by atoms with Gasteiger partial charge in [-0.3, -0.25) is 0 Å². The summed E-state index contributed by atoms with van der Waals surface area (Å²) < 4.78 is 15.7. The Hall–Kier alpha value is -12.5. The van der Waals surface area contributed by atoms with Gasteiger partial charge in [-0.05, 0) is 368 Å². The molecule has 148 heavy (non-hydrogen) atoms. The maximum absolute atomic E-state index is 6.68. The van der Waals surface area contributed by atoms with E-state index in [0.717, 1.165) is 104 Å². The molecule has 0 bridgehead atoms. The first-order valence-electron chi connectivity index (χ1n) is 57.9. The molecule has 1 aromatic heterocycles. The van der Waals surface area contributed by atoms with Crippen molar-refractivity contribution in [2.45, 2.75) is 303 Å². The minimum atomic E-state index is -0.419. The number of rotatable bonds is 37. The fraction of sp³-hybridized carbons (Fsp3) is 0.347. The Labute approximate surface area is 889 Å². The molecular weight excluding hydrogens is 1810 g/mol. The first-order valence-corrected chi connectivity index (χ1v) is 58.3. The summed E-state index contributed by atoms with van der Waals surface area (Å²) in [6, 6.07) is 146. The smallest absolute Gasteiger partial charge is 0.119 e. The highest BCUT2D eigenvalue weighted by Gasteiger charge is 2.39. The van der Waals surface area contributed by atoms with E-state index in [9.17, 15) is 0 Å². The maximum Gasteiger partial charge on any atom is 0.119 e. The van der Waals surface area contributed by atoms with E-state index >= 15 is 0 Å². The summed E-state index contributed by atoms with van der Waals surface area (Å²) in [5.41, 5.74) is 37.0. The highest BCUT2D eigenvalue weighted by molar-refractivity contribution is 6.30. The summed E-state index contributed by atoms with van der Waals surface area (Å²) in [6.07, 6.45) is 50.4. The van der Waals surface area contributed by atoms with Crippen molar-refractivity contribution < 1.29 is 9.47 Å². The molecule has 752 valence electrons. The lowest BCUT2D eigenvalue weighted by atomic mass is 9.66. The predicted molar refractivity (Wildman–Crippen MR) is 625 cm³/mol. The monoisotopic (exact) mass is 1960 g/mol. The van der Waals surface area contributed by atoms with Crippen LogP contribution in [0, 0.1) is 0 Å². The van der Waals surface area contributed by atoms with Gasteiger partial charge in [0, 0.05) is 21.5 Å². The van der Waals surface area contributed by atoms with Crippen LogP contribution in [0.2, 0.25) is 5.02 Å². The Balaban J connectivity index is 0.472. The molecule has 6 saturated carbocycles. The molecule has 6 aliphatic carbocycles. The molecule has 0 N–H and O–H groups in total. The average Bonchev–Trinajstić information content (AvgIpc) is 0.823. The largest absolute Gasteiger partial charge is 0.494 e. The van der Waals surface area contributed by atoms with Gasteiger partial charge in [0.15, 0.2) is 0 Å². The van der Waals surface area contributed by atoms with Crippen molar-refractivity contribution in [1.82, 2.24) is 4.57 Å². The number of benzene rings is 15. The highest BCUT2D eigenvalue weighted by atomic mass is 35.5. The van der Waals surface area contributed by atoms with Gasteiger partial charge < -0.3 is 14.0 Å². The Morgan fingerprint density at radius 1 is 0.182 bits per heavy atom. The van der Waals surface area contributed by atoms with Crippen LogP contribution < -0.4 is 9.47 Å². The number of hydrogen-bond donors (Lipinski definition) is 0. The number of ether oxygens (including phenoxy) is 2. The van der Waals surface area contributed by atoms with Gasteiger partial charge in [0.05, 0.1) is 24.6 Å². The van der Waals surface area contributed by atoms with E-state index in [-0.39, 0.29) is 0 Å². The summed E-state index contributed by atoms with van der Waals surface area (Å²) in [6.45, 7) is 1.30. The van der Waals surface area contributed by atoms with Crippen LogP contribution in [0.15, 0.2) is 376 Å². The van der Waals surface area contributed by atoms with Gasteiger partial charge in [-0.2, -0.15) is 0 Å². The number of halogens is 1. The van der Waals surface area contributed by atoms with Crippen LogP contribution in [0.3, 0.4) is 0 Å². The molecule has 0 unspecified atom stereocenters. The number of nitrogens with zero attached hydrogens (tertiary/aromatic N) is 1. The van der Waals surface area contributed by atoms with Crippen LogP contribution in [-0.4, -0.2) is 17.8 Å². The van der Waals surface area contributed by atoms with Crippen molar-refractivity contribution in [2.75, 3.05) is 13.2 Å². The standard InChI is InChI=1S/C144H152ClNO2/c145-137-91-93-138(94-92-137)146-141(129-75-95-139(96-76-129)147-103-25-3-1-23-101-143(131-79-63-123(64-80-131)117-51-39-111(40-52-117)105-27-11-5-12-28-105,132-81-65-124(66-82-132)118-53-41-112(42-54-118)106-29-13-6-14-30-106)133-83-67-125(68-84-133)119-55-43-113(44-56-119)107-31-15-7-16-32-107)99-100-142(146)130-77-97-140(98-78-130)148-104-26-4-2-24-102-144(134-85-69-126(70-86-134)120-57-45-114(46-58-120)108-33-17-8-18-34-108,135-87-71-127(72-88-135)121-59-47-115(48-60-121)109-35-19-9-20-36-109)136-89-73-128(74-90-136)122-61-49-116(50-62-122)110-37-21-10-22-38-110/h39-100,105-110H,1-38,101-104H2. The minimum absolute atomic E-state index is 0.419. The zero-order chi connectivity index (χ0) is 99.5. The fourth-order valence-corrected chi connectivity index (χ4v) is 27.2. The molecule has 22 rings (SSSR count). The van der Waals surface area contributed by atoms with Crippen molar-refractivity contribution in [1.29, 1.82) is 0 Å². The zero-order valence-electron chi connectivity index (χ0n) is 87.6. The molecule has 0 aliphatic heterocycles. The van der Waals surface area contributed by atoms with Crippen LogP contribution in [0.1, 0.15) is 359 Å². The summed E-state index contributed by atoms with van der Waals surface area (Å²) in [7, 11) is 0. The Bertz CT molecular complexity index is 5940.